The molecule has 0 radical (unpaired) electrons. The van der Waals surface area contributed by atoms with Gasteiger partial charge in [0, 0.05) is 5.56 Å². The number of nitrogens with one attached hydrogen (secondary N) is 1. The second kappa shape index (κ2) is 7.89. The molecule has 2 aromatic rings. The lowest BCUT2D eigenvalue weighted by molar-refractivity contribution is -0.137. The second-order valence-electron chi connectivity index (χ2n) is 5.53. The Morgan fingerprint density at radius 2 is 1.59 bits per heavy atom. The van der Waals surface area contributed by atoms with Crippen molar-refractivity contribution in [3.63, 3.8) is 0 Å². The van der Waals surface area contributed by atoms with Gasteiger partial charge in [-0.15, -0.1) is 0 Å². The van der Waals surface area contributed by atoms with Gasteiger partial charge < -0.3 is 4.84 Å². The molecule has 0 heterocycles. The monoisotopic (exact) mass is 444 g/mol. The first-order valence-corrected chi connectivity index (χ1v) is 8.97. The molecule has 0 unspecified atom stereocenters. The van der Waals surface area contributed by atoms with Crippen LogP contribution >= 0.6 is 0 Å². The zero-order chi connectivity index (χ0) is 22.0. The molecule has 0 spiro atoms. The second-order valence-corrected chi connectivity index (χ2v) is 7.21. The van der Waals surface area contributed by atoms with E-state index in [1.54, 1.807) is 0 Å². The first-order chi connectivity index (χ1) is 13.2. The van der Waals surface area contributed by atoms with E-state index in [4.69, 9.17) is 4.84 Å². The number of oxime groups is 1. The molecule has 158 valence electrons. The van der Waals surface area contributed by atoms with Crippen LogP contribution in [0.25, 0.3) is 0 Å². The van der Waals surface area contributed by atoms with E-state index in [1.807, 2.05) is 0 Å². The Hall–Kier alpha value is -2.83. The summed E-state index contributed by atoms with van der Waals surface area (Å²) >= 11 is 0. The van der Waals surface area contributed by atoms with Crippen molar-refractivity contribution in [2.75, 3.05) is 4.72 Å². The van der Waals surface area contributed by atoms with Crippen LogP contribution in [0.15, 0.2) is 47.6 Å². The largest absolute Gasteiger partial charge is 0.516 e. The molecule has 2 rings (SSSR count). The molecule has 0 fully saturated rings. The lowest BCUT2D eigenvalue weighted by Crippen LogP contribution is -2.30. The van der Waals surface area contributed by atoms with Crippen LogP contribution in [0.1, 0.15) is 18.1 Å². The standard InChI is InChI=1S/C16H11F7N2O3S/c1-9(24-28-12-5-3-11(17)4-6-12)13-7-2-10(15(18,19)20)8-14(13)25-29(26,27)16(21,22)23/h2-8,25H,1H3/b24-9-. The highest BCUT2D eigenvalue weighted by atomic mass is 32.2. The first kappa shape index (κ1) is 22.5. The predicted molar refractivity (Wildman–Crippen MR) is 89.3 cm³/mol. The molecule has 1 N–H and O–H groups in total. The van der Waals surface area contributed by atoms with E-state index in [0.29, 0.717) is 6.07 Å². The molecule has 0 saturated carbocycles. The SMILES string of the molecule is C/C(=N/Oc1ccc(F)cc1)c1ccc(C(F)(F)F)cc1NS(=O)(=O)C(F)(F)F. The van der Waals surface area contributed by atoms with E-state index in [2.05, 4.69) is 5.16 Å². The first-order valence-electron chi connectivity index (χ1n) is 7.48. The molecule has 0 saturated heterocycles. The molecule has 0 atom stereocenters. The Morgan fingerprint density at radius 1 is 1.00 bits per heavy atom. The van der Waals surface area contributed by atoms with Gasteiger partial charge in [-0.2, -0.15) is 34.8 Å². The van der Waals surface area contributed by atoms with Gasteiger partial charge in [-0.25, -0.2) is 4.39 Å². The van der Waals surface area contributed by atoms with Crippen molar-refractivity contribution in [1.82, 2.24) is 0 Å². The van der Waals surface area contributed by atoms with Crippen LogP contribution in [0.4, 0.5) is 36.4 Å². The molecular weight excluding hydrogens is 433 g/mol. The van der Waals surface area contributed by atoms with Crippen molar-refractivity contribution < 1.29 is 44.0 Å². The number of hydrogen-bond donors (Lipinski definition) is 1. The van der Waals surface area contributed by atoms with Crippen molar-refractivity contribution >= 4 is 21.4 Å². The molecule has 0 aliphatic carbocycles. The molecule has 29 heavy (non-hydrogen) atoms. The van der Waals surface area contributed by atoms with Gasteiger partial charge >= 0.3 is 21.7 Å². The fraction of sp³-hybridized carbons (Fsp3) is 0.188. The minimum absolute atomic E-state index is 0.0232. The Kier molecular flexibility index (Phi) is 6.11. The third kappa shape index (κ3) is 5.59. The number of halogens is 7. The third-order valence-electron chi connectivity index (χ3n) is 3.39. The van der Waals surface area contributed by atoms with Gasteiger partial charge in [0.15, 0.2) is 5.75 Å². The summed E-state index contributed by atoms with van der Waals surface area (Å²) in [4.78, 5) is 4.93. The highest BCUT2D eigenvalue weighted by Gasteiger charge is 2.46. The van der Waals surface area contributed by atoms with Gasteiger partial charge in [-0.05, 0) is 43.3 Å². The number of hydrogen-bond acceptors (Lipinski definition) is 4. The van der Waals surface area contributed by atoms with Gasteiger partial charge in [-0.1, -0.05) is 11.2 Å². The maximum absolute atomic E-state index is 12.9. The number of sulfonamides is 1. The maximum Gasteiger partial charge on any atom is 0.516 e. The predicted octanol–water partition coefficient (Wildman–Crippen LogP) is 4.91. The van der Waals surface area contributed by atoms with Crippen LogP contribution in [0.3, 0.4) is 0 Å². The Balaban J connectivity index is 2.46. The van der Waals surface area contributed by atoms with E-state index in [-0.39, 0.29) is 17.5 Å². The van der Waals surface area contributed by atoms with Crippen molar-refractivity contribution in [2.45, 2.75) is 18.6 Å². The maximum atomic E-state index is 12.9. The average Bonchev–Trinajstić information content (AvgIpc) is 2.59. The highest BCUT2D eigenvalue weighted by molar-refractivity contribution is 7.93. The van der Waals surface area contributed by atoms with E-state index in [9.17, 15) is 39.2 Å². The molecule has 2 aromatic carbocycles. The van der Waals surface area contributed by atoms with Crippen molar-refractivity contribution in [2.24, 2.45) is 5.16 Å². The van der Waals surface area contributed by atoms with Gasteiger partial charge in [0.2, 0.25) is 0 Å². The number of anilines is 1. The average molecular weight is 444 g/mol. The Labute approximate surface area is 159 Å². The topological polar surface area (TPSA) is 67.8 Å². The summed E-state index contributed by atoms with van der Waals surface area (Å²) in [6.07, 6.45) is -4.94. The van der Waals surface area contributed by atoms with Crippen LogP contribution in [0.5, 0.6) is 5.75 Å². The molecule has 0 bridgehead atoms. The Bertz CT molecular complexity index is 1010. The molecule has 5 nitrogen and oxygen atoms in total. The van der Waals surface area contributed by atoms with E-state index in [0.717, 1.165) is 29.8 Å². The van der Waals surface area contributed by atoms with E-state index < -0.39 is 44.3 Å². The quantitative estimate of drug-likeness (QED) is 0.405. The van der Waals surface area contributed by atoms with Crippen molar-refractivity contribution in [1.29, 1.82) is 0 Å². The summed E-state index contributed by atoms with van der Waals surface area (Å²) in [6, 6.07) is 5.89. The van der Waals surface area contributed by atoms with Gasteiger partial charge in [0.25, 0.3) is 0 Å². The summed E-state index contributed by atoms with van der Waals surface area (Å²) < 4.78 is 113. The summed E-state index contributed by atoms with van der Waals surface area (Å²) in [5.41, 5.74) is -8.78. The van der Waals surface area contributed by atoms with Crippen LogP contribution < -0.4 is 9.56 Å². The summed E-state index contributed by atoms with van der Waals surface area (Å²) in [6.45, 7) is 1.16. The molecule has 13 heteroatoms. The molecule has 0 amide bonds. The fourth-order valence-electron chi connectivity index (χ4n) is 1.99. The zero-order valence-corrected chi connectivity index (χ0v) is 15.1. The van der Waals surface area contributed by atoms with Crippen LogP contribution in [0.2, 0.25) is 0 Å². The molecule has 0 aromatic heterocycles. The summed E-state index contributed by atoms with van der Waals surface area (Å²) in [7, 11) is -6.00. The highest BCUT2D eigenvalue weighted by Crippen LogP contribution is 2.34. The Morgan fingerprint density at radius 3 is 2.10 bits per heavy atom. The number of alkyl halides is 6. The number of nitrogens with zero attached hydrogens (tertiary/aromatic N) is 1. The van der Waals surface area contributed by atoms with Gasteiger partial charge in [0.1, 0.15) is 5.82 Å². The van der Waals surface area contributed by atoms with Gasteiger partial charge in [-0.3, -0.25) is 4.72 Å². The molecule has 0 aliphatic rings. The van der Waals surface area contributed by atoms with Gasteiger partial charge in [0.05, 0.1) is 17.0 Å². The minimum atomic E-state index is -6.00. The van der Waals surface area contributed by atoms with Crippen LogP contribution in [-0.4, -0.2) is 19.6 Å². The van der Waals surface area contributed by atoms with Crippen LogP contribution in [-0.2, 0) is 16.2 Å². The van der Waals surface area contributed by atoms with E-state index in [1.165, 1.54) is 12.1 Å². The fourth-order valence-corrected chi connectivity index (χ4v) is 2.56. The van der Waals surface area contributed by atoms with Crippen molar-refractivity contribution in [3.8, 4) is 5.75 Å². The smallest absolute Gasteiger partial charge is 0.357 e. The van der Waals surface area contributed by atoms with Crippen molar-refractivity contribution in [3.05, 3.63) is 59.4 Å². The number of benzene rings is 2. The minimum Gasteiger partial charge on any atom is -0.357 e. The summed E-state index contributed by atoms with van der Waals surface area (Å²) in [5, 5.41) is 3.54. The van der Waals surface area contributed by atoms with E-state index >= 15 is 0 Å². The lowest BCUT2D eigenvalue weighted by Gasteiger charge is -2.16. The molecule has 0 aliphatic heterocycles. The zero-order valence-electron chi connectivity index (χ0n) is 14.3. The number of rotatable bonds is 5. The lowest BCUT2D eigenvalue weighted by atomic mass is 10.1. The molecular formula is C16H11F7N2O3S. The normalized spacial score (nSPS) is 13.3. The summed E-state index contributed by atoms with van der Waals surface area (Å²) in [5.74, 6) is -0.556. The third-order valence-corrected chi connectivity index (χ3v) is 4.49. The van der Waals surface area contributed by atoms with Crippen LogP contribution in [0, 0.1) is 5.82 Å².